The number of aromatic nitrogens is 2. The molecule has 1 aromatic heterocycles. The molecule has 1 fully saturated rings. The molecule has 0 bridgehead atoms. The molecular formula is C18H23ClN4O3S. The van der Waals surface area contributed by atoms with E-state index in [1.807, 2.05) is 13.0 Å². The highest BCUT2D eigenvalue weighted by Gasteiger charge is 2.27. The van der Waals surface area contributed by atoms with Gasteiger partial charge in [-0.1, -0.05) is 30.5 Å². The summed E-state index contributed by atoms with van der Waals surface area (Å²) in [7, 11) is -3.62. The van der Waals surface area contributed by atoms with E-state index in [4.69, 9.17) is 11.6 Å². The molecule has 0 spiro atoms. The van der Waals surface area contributed by atoms with Crippen molar-refractivity contribution in [2.75, 3.05) is 18.4 Å². The van der Waals surface area contributed by atoms with Gasteiger partial charge in [-0.2, -0.15) is 4.31 Å². The fourth-order valence-electron chi connectivity index (χ4n) is 3.06. The van der Waals surface area contributed by atoms with Crippen molar-refractivity contribution in [3.05, 3.63) is 41.3 Å². The molecule has 9 heteroatoms. The molecule has 1 amide bonds. The number of aryl methyl sites for hydroxylation is 1. The van der Waals surface area contributed by atoms with E-state index in [9.17, 15) is 13.2 Å². The first-order chi connectivity index (χ1) is 12.9. The van der Waals surface area contributed by atoms with Crippen molar-refractivity contribution in [3.63, 3.8) is 0 Å². The highest BCUT2D eigenvalue weighted by molar-refractivity contribution is 7.89. The van der Waals surface area contributed by atoms with Crippen LogP contribution in [0.1, 0.15) is 31.2 Å². The molecule has 0 atom stereocenters. The molecule has 1 aromatic carbocycles. The van der Waals surface area contributed by atoms with Crippen LogP contribution in [0.15, 0.2) is 35.7 Å². The molecule has 3 rings (SSSR count). The van der Waals surface area contributed by atoms with Crippen molar-refractivity contribution in [3.8, 4) is 0 Å². The van der Waals surface area contributed by atoms with Gasteiger partial charge in [0.25, 0.3) is 10.0 Å². The average molecular weight is 411 g/mol. The summed E-state index contributed by atoms with van der Waals surface area (Å²) in [5.41, 5.74) is 1.52. The summed E-state index contributed by atoms with van der Waals surface area (Å²) in [6.07, 6.45) is 6.59. The first-order valence-electron chi connectivity index (χ1n) is 8.94. The van der Waals surface area contributed by atoms with Crippen molar-refractivity contribution < 1.29 is 13.2 Å². The molecule has 1 N–H and O–H groups in total. The Labute approximate surface area is 164 Å². The second-order valence-corrected chi connectivity index (χ2v) is 9.03. The van der Waals surface area contributed by atoms with Gasteiger partial charge in [-0.15, -0.1) is 0 Å². The molecule has 7 nitrogen and oxygen atoms in total. The van der Waals surface area contributed by atoms with Gasteiger partial charge >= 0.3 is 0 Å². The minimum absolute atomic E-state index is 0.0175. The summed E-state index contributed by atoms with van der Waals surface area (Å²) in [5, 5.41) is 3.30. The minimum Gasteiger partial charge on any atom is -0.327 e. The Morgan fingerprint density at radius 3 is 2.63 bits per heavy atom. The van der Waals surface area contributed by atoms with E-state index in [1.54, 1.807) is 12.1 Å². The fourth-order valence-corrected chi connectivity index (χ4v) is 4.68. The molecule has 0 radical (unpaired) electrons. The summed E-state index contributed by atoms with van der Waals surface area (Å²) in [5.74, 6) is -0.281. The number of amides is 1. The molecule has 0 aliphatic carbocycles. The van der Waals surface area contributed by atoms with E-state index in [1.165, 1.54) is 21.4 Å². The third-order valence-electron chi connectivity index (χ3n) is 4.58. The quantitative estimate of drug-likeness (QED) is 0.820. The average Bonchev–Trinajstić information content (AvgIpc) is 2.91. The van der Waals surface area contributed by atoms with E-state index in [-0.39, 0.29) is 17.5 Å². The molecule has 1 saturated heterocycles. The van der Waals surface area contributed by atoms with E-state index < -0.39 is 10.0 Å². The SMILES string of the molecule is Cc1ccc(Cl)cc1NC(=O)Cn1cnc(S(=O)(=O)N2CCCCCC2)c1. The number of imidazole rings is 1. The predicted octanol–water partition coefficient (Wildman–Crippen LogP) is 3.05. The summed E-state index contributed by atoms with van der Waals surface area (Å²) in [6, 6.07) is 5.25. The van der Waals surface area contributed by atoms with E-state index in [0.29, 0.717) is 23.8 Å². The van der Waals surface area contributed by atoms with Gasteiger partial charge in [-0.05, 0) is 37.5 Å². The molecule has 1 aliphatic rings. The second kappa shape index (κ2) is 8.41. The summed E-state index contributed by atoms with van der Waals surface area (Å²) in [4.78, 5) is 16.3. The van der Waals surface area contributed by atoms with Gasteiger partial charge in [0.05, 0.1) is 6.33 Å². The smallest absolute Gasteiger partial charge is 0.262 e. The van der Waals surface area contributed by atoms with Gasteiger partial charge in [0, 0.05) is 30.0 Å². The van der Waals surface area contributed by atoms with Crippen molar-refractivity contribution in [1.82, 2.24) is 13.9 Å². The first-order valence-corrected chi connectivity index (χ1v) is 10.8. The van der Waals surface area contributed by atoms with Crippen molar-refractivity contribution in [2.24, 2.45) is 0 Å². The molecule has 0 saturated carbocycles. The number of hydrogen-bond acceptors (Lipinski definition) is 4. The van der Waals surface area contributed by atoms with E-state index in [2.05, 4.69) is 10.3 Å². The van der Waals surface area contributed by atoms with Crippen LogP contribution in [0.2, 0.25) is 5.02 Å². The molecule has 27 heavy (non-hydrogen) atoms. The Hall–Kier alpha value is -1.90. The maximum absolute atomic E-state index is 12.7. The lowest BCUT2D eigenvalue weighted by molar-refractivity contribution is -0.116. The zero-order valence-electron chi connectivity index (χ0n) is 15.2. The number of nitrogens with one attached hydrogen (secondary N) is 1. The number of hydrogen-bond donors (Lipinski definition) is 1. The Bertz CT molecular complexity index is 918. The predicted molar refractivity (Wildman–Crippen MR) is 104 cm³/mol. The van der Waals surface area contributed by atoms with Crippen LogP contribution in [0.25, 0.3) is 0 Å². The van der Waals surface area contributed by atoms with Crippen LogP contribution in [0, 0.1) is 6.92 Å². The largest absolute Gasteiger partial charge is 0.327 e. The standard InChI is InChI=1S/C18H23ClN4O3S/c1-14-6-7-15(19)10-16(14)21-17(24)11-22-12-18(20-13-22)27(25,26)23-8-4-2-3-5-9-23/h6-7,10,12-13H,2-5,8-9,11H2,1H3,(H,21,24). The van der Waals surface area contributed by atoms with Gasteiger partial charge < -0.3 is 9.88 Å². The Morgan fingerprint density at radius 1 is 1.22 bits per heavy atom. The number of anilines is 1. The van der Waals surface area contributed by atoms with Gasteiger partial charge in [0.1, 0.15) is 6.54 Å². The summed E-state index contributed by atoms with van der Waals surface area (Å²) in [6.45, 7) is 2.87. The zero-order valence-corrected chi connectivity index (χ0v) is 16.8. The van der Waals surface area contributed by atoms with Gasteiger partial charge in [-0.3, -0.25) is 4.79 Å². The van der Waals surface area contributed by atoms with Crippen molar-refractivity contribution in [2.45, 2.75) is 44.2 Å². The number of carbonyl (C=O) groups excluding carboxylic acids is 1. The van der Waals surface area contributed by atoms with Gasteiger partial charge in [0.2, 0.25) is 5.91 Å². The third-order valence-corrected chi connectivity index (χ3v) is 6.60. The third kappa shape index (κ3) is 4.88. The molecular weight excluding hydrogens is 388 g/mol. The van der Waals surface area contributed by atoms with Crippen molar-refractivity contribution >= 4 is 33.2 Å². The van der Waals surface area contributed by atoms with Crippen LogP contribution in [0.5, 0.6) is 0 Å². The molecule has 2 heterocycles. The van der Waals surface area contributed by atoms with Crippen LogP contribution < -0.4 is 5.32 Å². The van der Waals surface area contributed by atoms with E-state index >= 15 is 0 Å². The Kier molecular flexibility index (Phi) is 6.18. The van der Waals surface area contributed by atoms with Crippen molar-refractivity contribution in [1.29, 1.82) is 0 Å². The second-order valence-electron chi connectivity index (χ2n) is 6.71. The highest BCUT2D eigenvalue weighted by atomic mass is 35.5. The van der Waals surface area contributed by atoms with E-state index in [0.717, 1.165) is 31.2 Å². The minimum atomic E-state index is -3.62. The number of sulfonamides is 1. The van der Waals surface area contributed by atoms with Crippen LogP contribution >= 0.6 is 11.6 Å². The fraction of sp³-hybridized carbons (Fsp3) is 0.444. The summed E-state index contributed by atoms with van der Waals surface area (Å²) >= 11 is 5.96. The van der Waals surface area contributed by atoms with Crippen LogP contribution in [0.4, 0.5) is 5.69 Å². The maximum atomic E-state index is 12.7. The molecule has 1 aliphatic heterocycles. The maximum Gasteiger partial charge on any atom is 0.262 e. The lowest BCUT2D eigenvalue weighted by Gasteiger charge is -2.18. The number of halogens is 1. The van der Waals surface area contributed by atoms with Crippen LogP contribution in [-0.2, 0) is 21.4 Å². The van der Waals surface area contributed by atoms with Crippen LogP contribution in [-0.4, -0.2) is 41.3 Å². The highest BCUT2D eigenvalue weighted by Crippen LogP contribution is 2.21. The Balaban J connectivity index is 1.68. The first kappa shape index (κ1) is 19.9. The number of benzene rings is 1. The summed E-state index contributed by atoms with van der Waals surface area (Å²) < 4.78 is 28.5. The van der Waals surface area contributed by atoms with Crippen LogP contribution in [0.3, 0.4) is 0 Å². The van der Waals surface area contributed by atoms with Gasteiger partial charge in [0.15, 0.2) is 5.03 Å². The molecule has 0 unspecified atom stereocenters. The topological polar surface area (TPSA) is 84.3 Å². The number of carbonyl (C=O) groups is 1. The lowest BCUT2D eigenvalue weighted by Crippen LogP contribution is -2.32. The Morgan fingerprint density at radius 2 is 1.93 bits per heavy atom. The monoisotopic (exact) mass is 410 g/mol. The normalized spacial score (nSPS) is 16.1. The molecule has 2 aromatic rings. The molecule has 146 valence electrons. The van der Waals surface area contributed by atoms with Gasteiger partial charge in [-0.25, -0.2) is 13.4 Å². The lowest BCUT2D eigenvalue weighted by atomic mass is 10.2. The number of nitrogens with zero attached hydrogens (tertiary/aromatic N) is 3. The number of rotatable bonds is 5. The zero-order chi connectivity index (χ0) is 19.4.